The zero-order chi connectivity index (χ0) is 21.8. The monoisotopic (exact) mass is 414 g/mol. The van der Waals surface area contributed by atoms with Gasteiger partial charge >= 0.3 is 0 Å². The molecule has 31 heavy (non-hydrogen) atoms. The van der Waals surface area contributed by atoms with E-state index in [4.69, 9.17) is 9.15 Å². The first kappa shape index (κ1) is 20.2. The van der Waals surface area contributed by atoms with Gasteiger partial charge < -0.3 is 13.7 Å². The quantitative estimate of drug-likeness (QED) is 0.500. The summed E-state index contributed by atoms with van der Waals surface area (Å²) in [4.78, 5) is 26.8. The number of benzene rings is 2. The third-order valence-corrected chi connectivity index (χ3v) is 5.09. The third kappa shape index (κ3) is 4.28. The maximum absolute atomic E-state index is 13.5. The number of nitrogens with zero attached hydrogens (tertiary/aromatic N) is 2. The summed E-state index contributed by atoms with van der Waals surface area (Å²) >= 11 is 0. The maximum atomic E-state index is 13.5. The minimum atomic E-state index is -0.267. The van der Waals surface area contributed by atoms with Crippen molar-refractivity contribution in [2.45, 2.75) is 6.54 Å². The van der Waals surface area contributed by atoms with Crippen molar-refractivity contribution in [2.24, 2.45) is 7.05 Å². The van der Waals surface area contributed by atoms with E-state index in [9.17, 15) is 9.59 Å². The van der Waals surface area contributed by atoms with Gasteiger partial charge in [-0.25, -0.2) is 0 Å². The number of rotatable bonds is 5. The Morgan fingerprint density at radius 3 is 2.23 bits per heavy atom. The van der Waals surface area contributed by atoms with Crippen LogP contribution in [0.1, 0.15) is 16.7 Å². The first-order chi connectivity index (χ1) is 15.1. The highest BCUT2D eigenvalue weighted by atomic mass is 16.5. The molecule has 0 saturated carbocycles. The molecule has 6 heteroatoms. The van der Waals surface area contributed by atoms with E-state index in [0.717, 1.165) is 16.9 Å². The number of hydrogen-bond donors (Lipinski definition) is 0. The predicted molar refractivity (Wildman–Crippen MR) is 120 cm³/mol. The Kier molecular flexibility index (Phi) is 5.71. The summed E-state index contributed by atoms with van der Waals surface area (Å²) in [5.74, 6) is 0.720. The number of aromatic nitrogens is 2. The zero-order valence-corrected chi connectivity index (χ0v) is 17.3. The van der Waals surface area contributed by atoms with Gasteiger partial charge in [0.1, 0.15) is 16.4 Å². The van der Waals surface area contributed by atoms with Crippen molar-refractivity contribution in [3.8, 4) is 5.75 Å². The Balaban J connectivity index is 1.99. The number of furan rings is 1. The predicted octanol–water partition coefficient (Wildman–Crippen LogP) is 1.85. The molecular weight excluding hydrogens is 392 g/mol. The van der Waals surface area contributed by atoms with E-state index in [0.29, 0.717) is 16.3 Å². The summed E-state index contributed by atoms with van der Waals surface area (Å²) in [6, 6.07) is 18.6. The van der Waals surface area contributed by atoms with Crippen LogP contribution in [0.15, 0.2) is 87.2 Å². The normalized spacial score (nSPS) is 12.3. The molecule has 4 aromatic rings. The highest BCUT2D eigenvalue weighted by Gasteiger charge is 2.10. The van der Waals surface area contributed by atoms with E-state index < -0.39 is 0 Å². The highest BCUT2D eigenvalue weighted by Crippen LogP contribution is 2.11. The highest BCUT2D eigenvalue weighted by molar-refractivity contribution is 5.50. The third-order valence-electron chi connectivity index (χ3n) is 5.09. The van der Waals surface area contributed by atoms with Crippen LogP contribution in [0.4, 0.5) is 0 Å². The minimum Gasteiger partial charge on any atom is -0.497 e. The molecule has 0 fully saturated rings. The molecule has 6 nitrogen and oxygen atoms in total. The smallest absolute Gasteiger partial charge is 0.275 e. The molecule has 2 aromatic heterocycles. The van der Waals surface area contributed by atoms with Crippen LogP contribution in [0.5, 0.6) is 5.75 Å². The lowest BCUT2D eigenvalue weighted by atomic mass is 10.2. The van der Waals surface area contributed by atoms with Crippen molar-refractivity contribution in [3.05, 3.63) is 121 Å². The van der Waals surface area contributed by atoms with Crippen LogP contribution < -0.4 is 26.6 Å². The van der Waals surface area contributed by atoms with Crippen molar-refractivity contribution in [3.63, 3.8) is 0 Å². The second kappa shape index (κ2) is 8.75. The van der Waals surface area contributed by atoms with Crippen molar-refractivity contribution in [2.75, 3.05) is 7.11 Å². The van der Waals surface area contributed by atoms with Crippen molar-refractivity contribution >= 4 is 12.2 Å². The van der Waals surface area contributed by atoms with Crippen molar-refractivity contribution in [1.82, 2.24) is 9.13 Å². The lowest BCUT2D eigenvalue weighted by Crippen LogP contribution is -2.57. The number of methoxy groups -OCH3 is 1. The van der Waals surface area contributed by atoms with E-state index in [1.54, 1.807) is 32.4 Å². The number of ether oxygens (including phenoxy) is 1. The van der Waals surface area contributed by atoms with E-state index in [1.807, 2.05) is 54.6 Å². The molecule has 0 radical (unpaired) electrons. The Hall–Kier alpha value is -4.06. The lowest BCUT2D eigenvalue weighted by Gasteiger charge is -2.10. The molecule has 0 bridgehead atoms. The minimum absolute atomic E-state index is 0.253. The summed E-state index contributed by atoms with van der Waals surface area (Å²) < 4.78 is 13.2. The van der Waals surface area contributed by atoms with Gasteiger partial charge in [0.15, 0.2) is 0 Å². The van der Waals surface area contributed by atoms with Crippen molar-refractivity contribution < 1.29 is 9.15 Å². The molecule has 0 aliphatic rings. The first-order valence-corrected chi connectivity index (χ1v) is 9.80. The van der Waals surface area contributed by atoms with Gasteiger partial charge in [-0.3, -0.25) is 14.2 Å². The lowest BCUT2D eigenvalue weighted by molar-refractivity contribution is 0.415. The summed E-state index contributed by atoms with van der Waals surface area (Å²) in [5.41, 5.74) is 1.92. The van der Waals surface area contributed by atoms with Crippen LogP contribution in [0.25, 0.3) is 12.2 Å². The fourth-order valence-corrected chi connectivity index (χ4v) is 3.38. The Morgan fingerprint density at radius 2 is 1.58 bits per heavy atom. The van der Waals surface area contributed by atoms with Gasteiger partial charge in [0.2, 0.25) is 0 Å². The van der Waals surface area contributed by atoms with E-state index in [1.165, 1.54) is 21.7 Å². The second-order valence-corrected chi connectivity index (χ2v) is 7.13. The molecule has 0 amide bonds. The molecule has 2 aromatic carbocycles. The average molecular weight is 414 g/mol. The van der Waals surface area contributed by atoms with Crippen LogP contribution >= 0.6 is 0 Å². The Morgan fingerprint density at radius 1 is 0.871 bits per heavy atom. The van der Waals surface area contributed by atoms with E-state index in [2.05, 4.69) is 0 Å². The van der Waals surface area contributed by atoms with Crippen LogP contribution in [-0.2, 0) is 13.6 Å². The summed E-state index contributed by atoms with van der Waals surface area (Å²) in [6.07, 6.45) is 6.45. The molecule has 2 heterocycles. The van der Waals surface area contributed by atoms with E-state index >= 15 is 0 Å². The Bertz CT molecular complexity index is 1410. The molecule has 0 saturated heterocycles. The van der Waals surface area contributed by atoms with E-state index in [-0.39, 0.29) is 17.7 Å². The first-order valence-electron chi connectivity index (χ1n) is 9.80. The van der Waals surface area contributed by atoms with Crippen LogP contribution in [-0.4, -0.2) is 16.2 Å². The summed E-state index contributed by atoms with van der Waals surface area (Å²) in [6.45, 7) is 0.281. The van der Waals surface area contributed by atoms with Gasteiger partial charge in [0, 0.05) is 12.6 Å². The summed E-state index contributed by atoms with van der Waals surface area (Å²) in [7, 11) is 3.21. The molecular formula is C25H22N2O4. The molecule has 4 rings (SSSR count). The molecule has 156 valence electrons. The van der Waals surface area contributed by atoms with Crippen LogP contribution in [0, 0.1) is 0 Å². The molecule has 0 spiro atoms. The Labute approximate surface area is 178 Å². The van der Waals surface area contributed by atoms with Gasteiger partial charge in [-0.15, -0.1) is 0 Å². The molecule has 0 N–H and O–H groups in total. The van der Waals surface area contributed by atoms with Crippen molar-refractivity contribution in [1.29, 1.82) is 0 Å². The zero-order valence-electron chi connectivity index (χ0n) is 17.3. The maximum Gasteiger partial charge on any atom is 0.275 e. The molecule has 0 atom stereocenters. The van der Waals surface area contributed by atoms with Gasteiger partial charge in [-0.2, -0.15) is 0 Å². The fraction of sp³-hybridized carbons (Fsp3) is 0.120. The van der Waals surface area contributed by atoms with Gasteiger partial charge in [0.05, 0.1) is 26.2 Å². The average Bonchev–Trinajstić information content (AvgIpc) is 3.32. The summed E-state index contributed by atoms with van der Waals surface area (Å²) in [5, 5.41) is 0.597. The number of hydrogen-bond acceptors (Lipinski definition) is 4. The van der Waals surface area contributed by atoms with Gasteiger partial charge in [-0.1, -0.05) is 42.5 Å². The van der Waals surface area contributed by atoms with Gasteiger partial charge in [-0.05, 0) is 41.5 Å². The van der Waals surface area contributed by atoms with Crippen LogP contribution in [0.2, 0.25) is 0 Å². The second-order valence-electron chi connectivity index (χ2n) is 7.13. The molecule has 0 aliphatic heterocycles. The fourth-order valence-electron chi connectivity index (χ4n) is 3.38. The SMILES string of the molecule is COc1ccc(C=c2c(=O)n(Cc3ccccc3)c(=Cc3ccoc3)c(=O)n2C)cc1. The molecule has 0 unspecified atom stereocenters. The van der Waals surface area contributed by atoms with Gasteiger partial charge in [0.25, 0.3) is 11.1 Å². The largest absolute Gasteiger partial charge is 0.497 e. The van der Waals surface area contributed by atoms with Crippen LogP contribution in [0.3, 0.4) is 0 Å². The topological polar surface area (TPSA) is 66.4 Å². The standard InChI is InChI=1S/C25H22N2O4/c1-26-22(14-18-8-10-21(30-2)11-9-18)25(29)27(16-19-6-4-3-5-7-19)23(24(26)28)15-20-12-13-31-17-20/h3-15,17H,16H2,1-2H3. The molecule has 0 aliphatic carbocycles.